The molecule has 0 radical (unpaired) electrons. The topological polar surface area (TPSA) is 12.9 Å². The first-order chi connectivity index (χ1) is 5.38. The molecule has 11 heavy (non-hydrogen) atoms. The van der Waals surface area contributed by atoms with Crippen LogP contribution >= 0.6 is 27.3 Å². The van der Waals surface area contributed by atoms with Gasteiger partial charge in [0, 0.05) is 11.6 Å². The highest BCUT2D eigenvalue weighted by Crippen LogP contribution is 2.43. The molecule has 0 aromatic carbocycles. The Morgan fingerprint density at radius 2 is 2.45 bits per heavy atom. The molecule has 0 saturated heterocycles. The molecule has 0 N–H and O–H groups in total. The summed E-state index contributed by atoms with van der Waals surface area (Å²) in [7, 11) is 0. The van der Waals surface area contributed by atoms with Crippen molar-refractivity contribution in [3.05, 3.63) is 16.6 Å². The van der Waals surface area contributed by atoms with Crippen LogP contribution in [0.1, 0.15) is 29.1 Å². The van der Waals surface area contributed by atoms with Crippen molar-refractivity contribution in [1.82, 2.24) is 4.98 Å². The van der Waals surface area contributed by atoms with Gasteiger partial charge in [0.15, 0.2) is 0 Å². The van der Waals surface area contributed by atoms with Crippen LogP contribution in [0.3, 0.4) is 0 Å². The molecule has 0 bridgehead atoms. The van der Waals surface area contributed by atoms with Gasteiger partial charge >= 0.3 is 0 Å². The van der Waals surface area contributed by atoms with Gasteiger partial charge in [0.25, 0.3) is 0 Å². The van der Waals surface area contributed by atoms with Gasteiger partial charge in [-0.2, -0.15) is 0 Å². The number of aromatic nitrogens is 1. The Kier molecular flexibility index (Phi) is 2.28. The van der Waals surface area contributed by atoms with Crippen molar-refractivity contribution < 1.29 is 0 Å². The van der Waals surface area contributed by atoms with Crippen LogP contribution in [-0.4, -0.2) is 4.98 Å². The lowest BCUT2D eigenvalue weighted by atomic mass is 9.83. The van der Waals surface area contributed by atoms with Gasteiger partial charge in [-0.15, -0.1) is 11.3 Å². The third-order valence-corrected chi connectivity index (χ3v) is 4.59. The minimum atomic E-state index is 0.524. The monoisotopic (exact) mass is 231 g/mol. The van der Waals surface area contributed by atoms with E-state index in [-0.39, 0.29) is 0 Å². The molecule has 1 aliphatic carbocycles. The van der Waals surface area contributed by atoms with E-state index in [0.717, 1.165) is 5.92 Å². The minimum absolute atomic E-state index is 0.524. The van der Waals surface area contributed by atoms with Crippen molar-refractivity contribution in [1.29, 1.82) is 0 Å². The molecule has 0 spiro atoms. The molecule has 1 unspecified atom stereocenters. The first-order valence-corrected chi connectivity index (χ1v) is 5.71. The third kappa shape index (κ3) is 1.49. The number of hydrogen-bond donors (Lipinski definition) is 0. The van der Waals surface area contributed by atoms with Crippen molar-refractivity contribution in [2.45, 2.75) is 24.1 Å². The smallest absolute Gasteiger partial charge is 0.106 e. The highest BCUT2D eigenvalue weighted by Gasteiger charge is 2.27. The summed E-state index contributed by atoms with van der Waals surface area (Å²) < 4.78 is 0. The maximum atomic E-state index is 4.29. The van der Waals surface area contributed by atoms with Crippen LogP contribution in [0.4, 0.5) is 0 Å². The van der Waals surface area contributed by atoms with Gasteiger partial charge in [0.2, 0.25) is 0 Å². The fourth-order valence-electron chi connectivity index (χ4n) is 1.30. The summed E-state index contributed by atoms with van der Waals surface area (Å²) >= 11 is 5.44. The Hall–Kier alpha value is 0.110. The molecule has 60 valence electrons. The maximum absolute atomic E-state index is 4.29. The van der Waals surface area contributed by atoms with Crippen LogP contribution in [0.15, 0.2) is 11.6 Å². The number of nitrogens with zero attached hydrogens (tertiary/aromatic N) is 1. The van der Waals surface area contributed by atoms with Gasteiger partial charge in [-0.3, -0.25) is 0 Å². The average Bonchev–Trinajstić information content (AvgIpc) is 2.32. The molecule has 1 saturated carbocycles. The van der Waals surface area contributed by atoms with Crippen molar-refractivity contribution in [3.63, 3.8) is 0 Å². The average molecular weight is 232 g/mol. The molecular formula is C8H10BrNS. The van der Waals surface area contributed by atoms with Crippen LogP contribution in [0.25, 0.3) is 0 Å². The summed E-state index contributed by atoms with van der Waals surface area (Å²) in [5.41, 5.74) is 0. The zero-order chi connectivity index (χ0) is 7.68. The standard InChI is InChI=1S/C8H10BrNS/c9-7(6-2-1-3-6)8-10-4-5-11-8/h4-7H,1-3H2. The molecule has 1 heterocycles. The van der Waals surface area contributed by atoms with Gasteiger partial charge < -0.3 is 0 Å². The second kappa shape index (κ2) is 3.23. The van der Waals surface area contributed by atoms with Crippen molar-refractivity contribution in [2.24, 2.45) is 5.92 Å². The Bertz CT molecular complexity index is 218. The predicted octanol–water partition coefficient (Wildman–Crippen LogP) is 3.38. The Balaban J connectivity index is 2.04. The van der Waals surface area contributed by atoms with Gasteiger partial charge in [-0.1, -0.05) is 22.4 Å². The predicted molar refractivity (Wildman–Crippen MR) is 51.1 cm³/mol. The molecule has 1 fully saturated rings. The quantitative estimate of drug-likeness (QED) is 0.712. The molecule has 2 rings (SSSR count). The Morgan fingerprint density at radius 1 is 1.64 bits per heavy atom. The van der Waals surface area contributed by atoms with E-state index >= 15 is 0 Å². The molecule has 1 aromatic heterocycles. The fraction of sp³-hybridized carbons (Fsp3) is 0.625. The summed E-state index contributed by atoms with van der Waals surface area (Å²) in [6.45, 7) is 0. The molecule has 1 nitrogen and oxygen atoms in total. The van der Waals surface area contributed by atoms with Crippen molar-refractivity contribution >= 4 is 27.3 Å². The van der Waals surface area contributed by atoms with Crippen LogP contribution in [0.2, 0.25) is 0 Å². The normalized spacial score (nSPS) is 21.2. The number of rotatable bonds is 2. The molecular weight excluding hydrogens is 222 g/mol. The lowest BCUT2D eigenvalue weighted by Gasteiger charge is -2.28. The van der Waals surface area contributed by atoms with Crippen LogP contribution in [0, 0.1) is 5.92 Å². The highest BCUT2D eigenvalue weighted by atomic mass is 79.9. The molecule has 1 atom stereocenters. The largest absolute Gasteiger partial charge is 0.248 e. The summed E-state index contributed by atoms with van der Waals surface area (Å²) in [4.78, 5) is 4.82. The van der Waals surface area contributed by atoms with Gasteiger partial charge in [0.05, 0.1) is 4.83 Å². The number of hydrogen-bond acceptors (Lipinski definition) is 2. The lowest BCUT2D eigenvalue weighted by molar-refractivity contribution is 0.312. The number of halogens is 1. The SMILES string of the molecule is BrC(c1nccs1)C1CCC1. The summed E-state index contributed by atoms with van der Waals surface area (Å²) in [6, 6.07) is 0. The molecule has 0 aliphatic heterocycles. The number of alkyl halides is 1. The van der Waals surface area contributed by atoms with Crippen LogP contribution in [0.5, 0.6) is 0 Å². The van der Waals surface area contributed by atoms with E-state index in [2.05, 4.69) is 20.9 Å². The highest BCUT2D eigenvalue weighted by molar-refractivity contribution is 9.09. The van der Waals surface area contributed by atoms with E-state index in [1.807, 2.05) is 11.6 Å². The second-order valence-corrected chi connectivity index (χ2v) is 4.88. The Labute approximate surface area is 79.0 Å². The fourth-order valence-corrected chi connectivity index (χ4v) is 2.98. The Morgan fingerprint density at radius 3 is 2.91 bits per heavy atom. The van der Waals surface area contributed by atoms with E-state index in [4.69, 9.17) is 0 Å². The summed E-state index contributed by atoms with van der Waals surface area (Å²) in [6.07, 6.45) is 6.02. The van der Waals surface area contributed by atoms with Crippen molar-refractivity contribution in [2.75, 3.05) is 0 Å². The zero-order valence-corrected chi connectivity index (χ0v) is 8.57. The van der Waals surface area contributed by atoms with Gasteiger partial charge in [-0.25, -0.2) is 4.98 Å². The van der Waals surface area contributed by atoms with E-state index in [1.54, 1.807) is 11.3 Å². The first-order valence-electron chi connectivity index (χ1n) is 3.91. The second-order valence-electron chi connectivity index (χ2n) is 2.96. The third-order valence-electron chi connectivity index (χ3n) is 2.25. The zero-order valence-electron chi connectivity index (χ0n) is 6.16. The molecule has 0 amide bonds. The maximum Gasteiger partial charge on any atom is 0.106 e. The van der Waals surface area contributed by atoms with Crippen molar-refractivity contribution in [3.8, 4) is 0 Å². The number of thiazole rings is 1. The van der Waals surface area contributed by atoms with E-state index in [1.165, 1.54) is 24.3 Å². The molecule has 1 aliphatic rings. The minimum Gasteiger partial charge on any atom is -0.248 e. The van der Waals surface area contributed by atoms with Crippen LogP contribution < -0.4 is 0 Å². The molecule has 1 aromatic rings. The van der Waals surface area contributed by atoms with E-state index < -0.39 is 0 Å². The van der Waals surface area contributed by atoms with E-state index in [0.29, 0.717) is 4.83 Å². The summed E-state index contributed by atoms with van der Waals surface area (Å²) in [5.74, 6) is 0.848. The van der Waals surface area contributed by atoms with Crippen LogP contribution in [-0.2, 0) is 0 Å². The summed E-state index contributed by atoms with van der Waals surface area (Å²) in [5, 5.41) is 3.29. The molecule has 3 heteroatoms. The lowest BCUT2D eigenvalue weighted by Crippen LogP contribution is -2.15. The van der Waals surface area contributed by atoms with Gasteiger partial charge in [-0.05, 0) is 18.8 Å². The van der Waals surface area contributed by atoms with E-state index in [9.17, 15) is 0 Å². The van der Waals surface area contributed by atoms with Gasteiger partial charge in [0.1, 0.15) is 5.01 Å². The first kappa shape index (κ1) is 7.74.